The van der Waals surface area contributed by atoms with Crippen LogP contribution < -0.4 is 33.2 Å². The third-order valence-electron chi connectivity index (χ3n) is 9.53. The first-order valence-corrected chi connectivity index (χ1v) is 27.1. The largest absolute Gasteiger partial charge is 0.365 e. The van der Waals surface area contributed by atoms with Gasteiger partial charge in [-0.2, -0.15) is 13.1 Å². The predicted molar refractivity (Wildman–Crippen MR) is 295 cm³/mol. The first kappa shape index (κ1) is 53.2. The summed E-state index contributed by atoms with van der Waals surface area (Å²) < 4.78 is 13.1. The molecule has 0 spiro atoms. The predicted octanol–water partition coefficient (Wildman–Crippen LogP) is 12.3. The minimum Gasteiger partial charge on any atom is -0.365 e. The van der Waals surface area contributed by atoms with E-state index >= 15 is 0 Å². The number of hydrogen-bond donors (Lipinski definition) is 6. The molecule has 9 rings (SSSR count). The fraction of sp³-hybridized carbons (Fsp3) is 0.0833. The summed E-state index contributed by atoms with van der Waals surface area (Å²) in [6.07, 6.45) is 11.4. The molecule has 9 N–H and O–H groups in total. The standard InChI is InChI=1S/C17H16N4OS2.C16H13ClN4OS2.C15H12ClN5OS2/c1-11(12-6-3-2-4-7-12)23-17-14(15(18)22)16(24-21-17)20-13-8-5-9-19-10-13;17-12-6-2-1-4-10(12)9-23-16-13(14(18)22)15(24-21-16)20-11-5-3-7-19-8-11;16-10-3-1-9(2-4-10)8-23-15-12(13(17)22)14(24-21-15)20-11-7-18-5-6-19-11/h2-11,20H,1H3,(H2,18,22);1-8,20H,9H2,(H2,18,22);1-7H,8H2,(H2,17,22)(H,19,20). The molecule has 0 radical (unpaired) electrons. The Hall–Kier alpha value is -6.63. The van der Waals surface area contributed by atoms with E-state index < -0.39 is 17.7 Å². The quantitative estimate of drug-likeness (QED) is 0.0437. The van der Waals surface area contributed by atoms with Gasteiger partial charge in [0.05, 0.1) is 30.0 Å². The molecule has 72 heavy (non-hydrogen) atoms. The van der Waals surface area contributed by atoms with Crippen molar-refractivity contribution in [3.05, 3.63) is 190 Å². The van der Waals surface area contributed by atoms with Crippen molar-refractivity contribution < 1.29 is 14.4 Å². The van der Waals surface area contributed by atoms with E-state index in [4.69, 9.17) is 40.4 Å². The molecule has 24 heteroatoms. The number of rotatable bonds is 18. The van der Waals surface area contributed by atoms with E-state index in [1.165, 1.54) is 75.4 Å². The van der Waals surface area contributed by atoms with Crippen molar-refractivity contribution >= 4 is 143 Å². The molecule has 3 amide bonds. The Morgan fingerprint density at radius 3 is 1.61 bits per heavy atom. The Morgan fingerprint density at radius 1 is 0.569 bits per heavy atom. The van der Waals surface area contributed by atoms with Gasteiger partial charge in [0.15, 0.2) is 0 Å². The van der Waals surface area contributed by atoms with Crippen LogP contribution in [0, 0.1) is 0 Å². The normalized spacial score (nSPS) is 11.0. The summed E-state index contributed by atoms with van der Waals surface area (Å²) in [6.45, 7) is 2.08. The van der Waals surface area contributed by atoms with E-state index in [2.05, 4.69) is 68.1 Å². The van der Waals surface area contributed by atoms with E-state index in [9.17, 15) is 14.4 Å². The van der Waals surface area contributed by atoms with Crippen molar-refractivity contribution in [1.82, 2.24) is 33.1 Å². The summed E-state index contributed by atoms with van der Waals surface area (Å²) in [7, 11) is 0. The van der Waals surface area contributed by atoms with E-state index in [0.29, 0.717) is 74.1 Å². The number of anilines is 6. The molecular formula is C48H41Cl2N13O3S6. The smallest absolute Gasteiger partial charge is 0.254 e. The Kier molecular flexibility index (Phi) is 19.7. The third-order valence-corrected chi connectivity index (χ3v) is 16.0. The van der Waals surface area contributed by atoms with Crippen LogP contribution in [-0.4, -0.2) is 50.8 Å². The number of aromatic nitrogens is 7. The summed E-state index contributed by atoms with van der Waals surface area (Å²) >= 11 is 20.0. The Bertz CT molecular complexity index is 3190. The molecule has 9 aromatic rings. The molecule has 1 unspecified atom stereocenters. The van der Waals surface area contributed by atoms with Gasteiger partial charge in [0, 0.05) is 51.6 Å². The van der Waals surface area contributed by atoms with Crippen LogP contribution in [0.4, 0.5) is 32.2 Å². The van der Waals surface area contributed by atoms with Crippen LogP contribution in [-0.2, 0) is 11.5 Å². The number of nitrogens with one attached hydrogen (secondary N) is 3. The van der Waals surface area contributed by atoms with Crippen LogP contribution in [0.3, 0.4) is 0 Å². The third kappa shape index (κ3) is 15.2. The van der Waals surface area contributed by atoms with Crippen molar-refractivity contribution in [2.75, 3.05) is 16.0 Å². The molecule has 0 aliphatic heterocycles. The second-order valence-electron chi connectivity index (χ2n) is 14.6. The van der Waals surface area contributed by atoms with Gasteiger partial charge in [-0.05, 0) is 101 Å². The van der Waals surface area contributed by atoms with Crippen LogP contribution in [0.5, 0.6) is 0 Å². The lowest BCUT2D eigenvalue weighted by atomic mass is 10.2. The van der Waals surface area contributed by atoms with Crippen molar-refractivity contribution in [1.29, 1.82) is 0 Å². The first-order chi connectivity index (χ1) is 34.9. The van der Waals surface area contributed by atoms with Gasteiger partial charge in [-0.1, -0.05) is 119 Å². The van der Waals surface area contributed by atoms with Gasteiger partial charge < -0.3 is 33.2 Å². The number of pyridine rings is 2. The number of hydrogen-bond acceptors (Lipinski definition) is 19. The molecule has 0 bridgehead atoms. The Morgan fingerprint density at radius 2 is 1.08 bits per heavy atom. The molecule has 6 aromatic heterocycles. The summed E-state index contributed by atoms with van der Waals surface area (Å²) in [5.74, 6) is 0.253. The minimum atomic E-state index is -0.534. The highest BCUT2D eigenvalue weighted by Crippen LogP contribution is 2.41. The van der Waals surface area contributed by atoms with Crippen LogP contribution in [0.1, 0.15) is 59.9 Å². The van der Waals surface area contributed by atoms with Crippen LogP contribution in [0.25, 0.3) is 0 Å². The number of primary amides is 3. The van der Waals surface area contributed by atoms with Gasteiger partial charge >= 0.3 is 0 Å². The molecule has 6 heterocycles. The maximum Gasteiger partial charge on any atom is 0.254 e. The van der Waals surface area contributed by atoms with Gasteiger partial charge in [0.1, 0.15) is 52.6 Å². The second kappa shape index (κ2) is 26.7. The van der Waals surface area contributed by atoms with Crippen molar-refractivity contribution in [3.63, 3.8) is 0 Å². The fourth-order valence-corrected chi connectivity index (χ4v) is 12.4. The number of nitrogens with two attached hydrogens (primary N) is 3. The molecule has 16 nitrogen and oxygen atoms in total. The number of thioether (sulfide) groups is 3. The van der Waals surface area contributed by atoms with Crippen LogP contribution in [0.2, 0.25) is 10.0 Å². The van der Waals surface area contributed by atoms with Gasteiger partial charge in [0.25, 0.3) is 17.7 Å². The minimum absolute atomic E-state index is 0.164. The lowest BCUT2D eigenvalue weighted by Crippen LogP contribution is -2.13. The molecule has 0 saturated carbocycles. The maximum absolute atomic E-state index is 11.9. The van der Waals surface area contributed by atoms with E-state index in [-0.39, 0.29) is 5.25 Å². The monoisotopic (exact) mass is 1110 g/mol. The number of carbonyl (C=O) groups is 3. The average molecular weight is 1110 g/mol. The zero-order valence-corrected chi connectivity index (χ0v) is 44.1. The molecule has 0 aliphatic rings. The van der Waals surface area contributed by atoms with E-state index in [0.717, 1.165) is 22.5 Å². The zero-order chi connectivity index (χ0) is 50.8. The van der Waals surface area contributed by atoms with Gasteiger partial charge in [-0.3, -0.25) is 29.3 Å². The zero-order valence-electron chi connectivity index (χ0n) is 37.6. The van der Waals surface area contributed by atoms with Gasteiger partial charge in [0.2, 0.25) is 0 Å². The number of halogens is 2. The maximum atomic E-state index is 11.9. The van der Waals surface area contributed by atoms with Crippen molar-refractivity contribution in [3.8, 4) is 0 Å². The molecule has 366 valence electrons. The molecule has 3 aromatic carbocycles. The van der Waals surface area contributed by atoms with Crippen LogP contribution >= 0.6 is 93.1 Å². The second-order valence-corrected chi connectivity index (χ2v) is 21.0. The summed E-state index contributed by atoms with van der Waals surface area (Å²) in [6, 6.07) is 32.6. The SMILES string of the molecule is CC(Sc1nsc(Nc2cccnc2)c1C(N)=O)c1ccccc1.NC(=O)c1c(SCc2ccc(Cl)cc2)nsc1Nc1cnccn1.NC(=O)c1c(SCc2ccccc2Cl)nsc1Nc1cccnc1. The van der Waals surface area contributed by atoms with Crippen LogP contribution in [0.15, 0.2) is 162 Å². The van der Waals surface area contributed by atoms with E-state index in [1.807, 2.05) is 84.9 Å². The fourth-order valence-electron chi connectivity index (χ4n) is 6.08. The number of carbonyl (C=O) groups excluding carboxylic acids is 3. The highest BCUT2D eigenvalue weighted by atomic mass is 35.5. The Labute approximate surface area is 448 Å². The highest BCUT2D eigenvalue weighted by Gasteiger charge is 2.23. The number of benzene rings is 3. The topological polar surface area (TPSA) is 256 Å². The first-order valence-electron chi connectivity index (χ1n) is 21.1. The van der Waals surface area contributed by atoms with Gasteiger partial charge in [-0.15, -0.1) is 0 Å². The van der Waals surface area contributed by atoms with Crippen molar-refractivity contribution in [2.45, 2.75) is 38.8 Å². The van der Waals surface area contributed by atoms with Crippen molar-refractivity contribution in [2.24, 2.45) is 17.2 Å². The summed E-state index contributed by atoms with van der Waals surface area (Å²) in [5, 5.41) is 14.5. The molecule has 0 fully saturated rings. The lowest BCUT2D eigenvalue weighted by molar-refractivity contribution is 0.0990. The van der Waals surface area contributed by atoms with Gasteiger partial charge in [-0.25, -0.2) is 4.98 Å². The molecule has 0 aliphatic carbocycles. The molecule has 1 atom stereocenters. The summed E-state index contributed by atoms with van der Waals surface area (Å²) in [5.41, 5.74) is 22.6. The summed E-state index contributed by atoms with van der Waals surface area (Å²) in [4.78, 5) is 51.8. The molecular weight excluding hydrogens is 1070 g/mol. The highest BCUT2D eigenvalue weighted by molar-refractivity contribution is 7.99. The number of nitrogens with zero attached hydrogens (tertiary/aromatic N) is 7. The van der Waals surface area contributed by atoms with E-state index in [1.54, 1.807) is 49.4 Å². The molecule has 0 saturated heterocycles. The lowest BCUT2D eigenvalue weighted by Gasteiger charge is -2.11. The number of amides is 3. The Balaban J connectivity index is 0.000000158. The average Bonchev–Trinajstić information content (AvgIpc) is 4.12.